The smallest absolute Gasteiger partial charge is 0.323 e. The van der Waals surface area contributed by atoms with Crippen LogP contribution in [0, 0.1) is 5.82 Å². The van der Waals surface area contributed by atoms with Gasteiger partial charge in [0.1, 0.15) is 12.4 Å². The number of hydrogen-bond donors (Lipinski definition) is 1. The van der Waals surface area contributed by atoms with Crippen LogP contribution in [0.25, 0.3) is 0 Å². The Labute approximate surface area is 139 Å². The zero-order chi connectivity index (χ0) is 17.1. The Balaban J connectivity index is 1.83. The first kappa shape index (κ1) is 16.2. The van der Waals surface area contributed by atoms with Gasteiger partial charge in [-0.1, -0.05) is 18.2 Å². The number of aliphatic carboxylic acids is 1. The molecule has 5 heteroatoms. The zero-order valence-corrected chi connectivity index (χ0v) is 13.2. The topological polar surface area (TPSA) is 57.6 Å². The molecule has 2 aromatic carbocycles. The molecule has 1 amide bonds. The van der Waals surface area contributed by atoms with Crippen molar-refractivity contribution >= 4 is 11.9 Å². The molecule has 124 valence electrons. The number of rotatable bonds is 5. The number of halogens is 1. The van der Waals surface area contributed by atoms with Gasteiger partial charge in [0.2, 0.25) is 0 Å². The highest BCUT2D eigenvalue weighted by atomic mass is 19.1. The maximum Gasteiger partial charge on any atom is 0.323 e. The lowest BCUT2D eigenvalue weighted by molar-refractivity contribution is -0.137. The first-order valence-electron chi connectivity index (χ1n) is 7.90. The van der Waals surface area contributed by atoms with Crippen LogP contribution in [-0.4, -0.2) is 28.4 Å². The van der Waals surface area contributed by atoms with Gasteiger partial charge in [-0.25, -0.2) is 4.39 Å². The second-order valence-electron chi connectivity index (χ2n) is 6.02. The largest absolute Gasteiger partial charge is 0.480 e. The molecule has 0 heterocycles. The Morgan fingerprint density at radius 3 is 2.46 bits per heavy atom. The van der Waals surface area contributed by atoms with E-state index < -0.39 is 12.5 Å². The van der Waals surface area contributed by atoms with Gasteiger partial charge in [0.05, 0.1) is 0 Å². The number of amides is 1. The van der Waals surface area contributed by atoms with Gasteiger partial charge in [-0.15, -0.1) is 0 Å². The number of aryl methyl sites for hydroxylation is 2. The van der Waals surface area contributed by atoms with Crippen molar-refractivity contribution in [2.24, 2.45) is 0 Å². The average Bonchev–Trinajstić information content (AvgIpc) is 3.02. The highest BCUT2D eigenvalue weighted by molar-refractivity contribution is 5.96. The van der Waals surface area contributed by atoms with Crippen LogP contribution in [0.5, 0.6) is 0 Å². The fourth-order valence-electron chi connectivity index (χ4n) is 3.06. The Hall–Kier alpha value is -2.69. The predicted molar refractivity (Wildman–Crippen MR) is 87.2 cm³/mol. The predicted octanol–water partition coefficient (Wildman–Crippen LogP) is 3.04. The lowest BCUT2D eigenvalue weighted by Gasteiger charge is -2.21. The molecule has 4 nitrogen and oxygen atoms in total. The van der Waals surface area contributed by atoms with Crippen LogP contribution in [0.1, 0.15) is 33.5 Å². The summed E-state index contributed by atoms with van der Waals surface area (Å²) in [6.07, 6.45) is 3.06. The number of carboxylic acid groups (broad SMARTS) is 1. The first-order valence-corrected chi connectivity index (χ1v) is 7.90. The number of fused-ring (bicyclic) bond motifs is 1. The number of carbonyl (C=O) groups excluding carboxylic acids is 1. The quantitative estimate of drug-likeness (QED) is 0.918. The fraction of sp³-hybridized carbons (Fsp3) is 0.263. The molecule has 1 N–H and O–H groups in total. The highest BCUT2D eigenvalue weighted by Crippen LogP contribution is 2.23. The SMILES string of the molecule is O=C(O)CN(Cc1ccc(F)cc1)C(=O)c1ccc2c(c1)CCC2. The standard InChI is InChI=1S/C19H18FNO3/c20-17-8-4-13(5-9-17)11-21(12-18(22)23)19(24)16-7-6-14-2-1-3-15(14)10-16/h4-10H,1-3,11-12H2,(H,22,23). The zero-order valence-electron chi connectivity index (χ0n) is 13.2. The monoisotopic (exact) mass is 327 g/mol. The van der Waals surface area contributed by atoms with E-state index in [1.165, 1.54) is 22.6 Å². The second kappa shape index (κ2) is 6.83. The molecule has 0 fully saturated rings. The van der Waals surface area contributed by atoms with E-state index in [2.05, 4.69) is 0 Å². The Morgan fingerprint density at radius 2 is 1.75 bits per heavy atom. The molecule has 0 atom stereocenters. The molecule has 0 unspecified atom stereocenters. The number of hydrogen-bond acceptors (Lipinski definition) is 2. The minimum Gasteiger partial charge on any atom is -0.480 e. The molecule has 1 aliphatic rings. The van der Waals surface area contributed by atoms with Crippen molar-refractivity contribution in [1.29, 1.82) is 0 Å². The maximum absolute atomic E-state index is 13.0. The summed E-state index contributed by atoms with van der Waals surface area (Å²) in [5.74, 6) is -1.77. The average molecular weight is 327 g/mol. The normalized spacial score (nSPS) is 12.7. The number of carboxylic acids is 1. The molecule has 0 spiro atoms. The van der Waals surface area contributed by atoms with E-state index in [4.69, 9.17) is 5.11 Å². The van der Waals surface area contributed by atoms with Gasteiger partial charge < -0.3 is 10.0 Å². The van der Waals surface area contributed by atoms with Crippen LogP contribution in [0.3, 0.4) is 0 Å². The van der Waals surface area contributed by atoms with Crippen molar-refractivity contribution < 1.29 is 19.1 Å². The summed E-state index contributed by atoms with van der Waals surface area (Å²) < 4.78 is 13.0. The fourth-order valence-corrected chi connectivity index (χ4v) is 3.06. The highest BCUT2D eigenvalue weighted by Gasteiger charge is 2.21. The summed E-state index contributed by atoms with van der Waals surface area (Å²) in [5.41, 5.74) is 3.61. The molecule has 0 saturated heterocycles. The lowest BCUT2D eigenvalue weighted by Crippen LogP contribution is -2.35. The van der Waals surface area contributed by atoms with Gasteiger partial charge in [-0.3, -0.25) is 9.59 Å². The summed E-state index contributed by atoms with van der Waals surface area (Å²) >= 11 is 0. The van der Waals surface area contributed by atoms with Crippen molar-refractivity contribution in [1.82, 2.24) is 4.90 Å². The minimum absolute atomic E-state index is 0.127. The molecule has 0 radical (unpaired) electrons. The second-order valence-corrected chi connectivity index (χ2v) is 6.02. The number of benzene rings is 2. The van der Waals surface area contributed by atoms with Crippen LogP contribution in [-0.2, 0) is 24.2 Å². The van der Waals surface area contributed by atoms with E-state index in [-0.39, 0.29) is 18.3 Å². The molecular formula is C19H18FNO3. The Morgan fingerprint density at radius 1 is 1.04 bits per heavy atom. The van der Waals surface area contributed by atoms with Crippen molar-refractivity contribution in [3.05, 3.63) is 70.5 Å². The third-order valence-electron chi connectivity index (χ3n) is 4.25. The minimum atomic E-state index is -1.08. The van der Waals surface area contributed by atoms with Gasteiger partial charge in [0, 0.05) is 12.1 Å². The maximum atomic E-state index is 13.0. The molecule has 3 rings (SSSR count). The van der Waals surface area contributed by atoms with E-state index in [9.17, 15) is 14.0 Å². The number of carbonyl (C=O) groups is 2. The third-order valence-corrected chi connectivity index (χ3v) is 4.25. The first-order chi connectivity index (χ1) is 11.5. The van der Waals surface area contributed by atoms with Crippen molar-refractivity contribution in [3.63, 3.8) is 0 Å². The molecule has 0 aliphatic heterocycles. The molecule has 1 aliphatic carbocycles. The third kappa shape index (κ3) is 3.62. The van der Waals surface area contributed by atoms with E-state index in [0.717, 1.165) is 24.8 Å². The van der Waals surface area contributed by atoms with Gasteiger partial charge in [-0.05, 0) is 60.2 Å². The molecule has 0 aromatic heterocycles. The van der Waals surface area contributed by atoms with Gasteiger partial charge in [-0.2, -0.15) is 0 Å². The summed E-state index contributed by atoms with van der Waals surface area (Å²) in [6.45, 7) is -0.268. The van der Waals surface area contributed by atoms with Gasteiger partial charge in [0.25, 0.3) is 5.91 Å². The lowest BCUT2D eigenvalue weighted by atomic mass is 10.1. The number of nitrogens with zero attached hydrogens (tertiary/aromatic N) is 1. The van der Waals surface area contributed by atoms with Crippen molar-refractivity contribution in [2.75, 3.05) is 6.54 Å². The molecule has 2 aromatic rings. The van der Waals surface area contributed by atoms with Crippen LogP contribution in [0.4, 0.5) is 4.39 Å². The van der Waals surface area contributed by atoms with Crippen LogP contribution >= 0.6 is 0 Å². The Bertz CT molecular complexity index is 771. The summed E-state index contributed by atoms with van der Waals surface area (Å²) in [6, 6.07) is 11.3. The molecule has 0 bridgehead atoms. The van der Waals surface area contributed by atoms with Crippen LogP contribution in [0.2, 0.25) is 0 Å². The van der Waals surface area contributed by atoms with Crippen molar-refractivity contribution in [3.8, 4) is 0 Å². The van der Waals surface area contributed by atoms with E-state index in [1.807, 2.05) is 12.1 Å². The van der Waals surface area contributed by atoms with Gasteiger partial charge >= 0.3 is 5.97 Å². The van der Waals surface area contributed by atoms with E-state index >= 15 is 0 Å². The summed E-state index contributed by atoms with van der Waals surface area (Å²) in [4.78, 5) is 25.1. The molecule has 24 heavy (non-hydrogen) atoms. The van der Waals surface area contributed by atoms with Gasteiger partial charge in [0.15, 0.2) is 0 Å². The molecular weight excluding hydrogens is 309 g/mol. The van der Waals surface area contributed by atoms with E-state index in [1.54, 1.807) is 18.2 Å². The van der Waals surface area contributed by atoms with Crippen LogP contribution < -0.4 is 0 Å². The van der Waals surface area contributed by atoms with Crippen LogP contribution in [0.15, 0.2) is 42.5 Å². The Kier molecular flexibility index (Phi) is 4.60. The van der Waals surface area contributed by atoms with Crippen molar-refractivity contribution in [2.45, 2.75) is 25.8 Å². The summed E-state index contributed by atoms with van der Waals surface area (Å²) in [5, 5.41) is 9.10. The summed E-state index contributed by atoms with van der Waals surface area (Å²) in [7, 11) is 0. The molecule has 0 saturated carbocycles. The van der Waals surface area contributed by atoms with E-state index in [0.29, 0.717) is 11.1 Å².